The number of nitrogens with zero attached hydrogens (tertiary/aromatic N) is 2. The lowest BCUT2D eigenvalue weighted by Gasteiger charge is -2.09. The summed E-state index contributed by atoms with van der Waals surface area (Å²) in [5, 5.41) is 8.38. The molecule has 0 N–H and O–H groups in total. The van der Waals surface area contributed by atoms with Crippen LogP contribution in [0, 0.1) is 11.6 Å². The standard InChI is InChI=1S/C14H7BrF2N2O/c15-8-5-10(16)14(17)12(6-8)20-13-7-18-19-11-4-2-1-3-9(11)13/h1-7H. The van der Waals surface area contributed by atoms with Crippen LogP contribution in [0.5, 0.6) is 11.5 Å². The summed E-state index contributed by atoms with van der Waals surface area (Å²) in [6, 6.07) is 9.52. The predicted molar refractivity (Wildman–Crippen MR) is 73.7 cm³/mol. The van der Waals surface area contributed by atoms with Crippen molar-refractivity contribution in [2.45, 2.75) is 0 Å². The number of hydrogen-bond donors (Lipinski definition) is 0. The molecule has 0 radical (unpaired) electrons. The van der Waals surface area contributed by atoms with Crippen LogP contribution in [-0.4, -0.2) is 10.2 Å². The van der Waals surface area contributed by atoms with Crippen molar-refractivity contribution >= 4 is 26.8 Å². The van der Waals surface area contributed by atoms with Crippen LogP contribution < -0.4 is 4.74 Å². The van der Waals surface area contributed by atoms with Gasteiger partial charge in [-0.3, -0.25) is 0 Å². The fourth-order valence-corrected chi connectivity index (χ4v) is 2.20. The van der Waals surface area contributed by atoms with E-state index in [-0.39, 0.29) is 5.75 Å². The minimum absolute atomic E-state index is 0.213. The van der Waals surface area contributed by atoms with E-state index < -0.39 is 11.6 Å². The van der Waals surface area contributed by atoms with E-state index in [1.807, 2.05) is 0 Å². The molecule has 1 aromatic heterocycles. The van der Waals surface area contributed by atoms with Crippen molar-refractivity contribution in [2.75, 3.05) is 0 Å². The maximum Gasteiger partial charge on any atom is 0.201 e. The molecule has 0 atom stereocenters. The molecule has 0 aliphatic heterocycles. The minimum Gasteiger partial charge on any atom is -0.452 e. The first-order valence-electron chi connectivity index (χ1n) is 5.68. The summed E-state index contributed by atoms with van der Waals surface area (Å²) < 4.78 is 32.9. The van der Waals surface area contributed by atoms with Gasteiger partial charge in [-0.1, -0.05) is 28.1 Å². The maximum atomic E-state index is 13.7. The Morgan fingerprint density at radius 3 is 2.70 bits per heavy atom. The fraction of sp³-hybridized carbons (Fsp3) is 0. The molecule has 3 aromatic rings. The molecule has 0 spiro atoms. The van der Waals surface area contributed by atoms with E-state index in [0.29, 0.717) is 21.1 Å². The van der Waals surface area contributed by atoms with E-state index in [2.05, 4.69) is 26.1 Å². The molecular weight excluding hydrogens is 330 g/mol. The quantitative estimate of drug-likeness (QED) is 0.648. The molecule has 100 valence electrons. The van der Waals surface area contributed by atoms with Gasteiger partial charge in [0, 0.05) is 9.86 Å². The van der Waals surface area contributed by atoms with Crippen LogP contribution in [0.4, 0.5) is 8.78 Å². The molecule has 20 heavy (non-hydrogen) atoms. The molecule has 0 bridgehead atoms. The van der Waals surface area contributed by atoms with Crippen LogP contribution in [-0.2, 0) is 0 Å². The van der Waals surface area contributed by atoms with Crippen molar-refractivity contribution in [1.29, 1.82) is 0 Å². The average Bonchev–Trinajstić information content (AvgIpc) is 2.44. The van der Waals surface area contributed by atoms with Crippen molar-refractivity contribution < 1.29 is 13.5 Å². The van der Waals surface area contributed by atoms with Gasteiger partial charge in [0.05, 0.1) is 11.7 Å². The second kappa shape index (κ2) is 5.13. The predicted octanol–water partition coefficient (Wildman–Crippen LogP) is 4.46. The van der Waals surface area contributed by atoms with E-state index >= 15 is 0 Å². The smallest absolute Gasteiger partial charge is 0.201 e. The molecule has 0 saturated carbocycles. The number of halogens is 3. The molecule has 0 saturated heterocycles. The van der Waals surface area contributed by atoms with Gasteiger partial charge in [0.2, 0.25) is 5.82 Å². The third-order valence-electron chi connectivity index (χ3n) is 2.69. The first-order chi connectivity index (χ1) is 9.65. The highest BCUT2D eigenvalue weighted by molar-refractivity contribution is 9.10. The van der Waals surface area contributed by atoms with Crippen molar-refractivity contribution in [2.24, 2.45) is 0 Å². The number of fused-ring (bicyclic) bond motifs is 1. The Hall–Kier alpha value is -2.08. The highest BCUT2D eigenvalue weighted by Crippen LogP contribution is 2.32. The Bertz CT molecular complexity index is 790. The zero-order valence-corrected chi connectivity index (χ0v) is 11.6. The van der Waals surface area contributed by atoms with Gasteiger partial charge in [0.25, 0.3) is 0 Å². The van der Waals surface area contributed by atoms with Crippen molar-refractivity contribution in [1.82, 2.24) is 10.2 Å². The van der Waals surface area contributed by atoms with Crippen molar-refractivity contribution in [3.05, 3.63) is 58.7 Å². The summed E-state index contributed by atoms with van der Waals surface area (Å²) in [5.41, 5.74) is 0.612. The van der Waals surface area contributed by atoms with Crippen molar-refractivity contribution in [3.8, 4) is 11.5 Å². The van der Waals surface area contributed by atoms with Gasteiger partial charge in [-0.25, -0.2) is 4.39 Å². The van der Waals surface area contributed by atoms with Gasteiger partial charge < -0.3 is 4.74 Å². The minimum atomic E-state index is -1.05. The van der Waals surface area contributed by atoms with Gasteiger partial charge in [0.1, 0.15) is 0 Å². The van der Waals surface area contributed by atoms with Crippen LogP contribution >= 0.6 is 15.9 Å². The SMILES string of the molecule is Fc1cc(Br)cc(Oc2cnnc3ccccc23)c1F. The molecule has 0 fully saturated rings. The third kappa shape index (κ3) is 2.34. The molecule has 0 amide bonds. The van der Waals surface area contributed by atoms with Crippen LogP contribution in [0.3, 0.4) is 0 Å². The Labute approximate surface area is 121 Å². The van der Waals surface area contributed by atoms with Crippen LogP contribution in [0.15, 0.2) is 47.1 Å². The van der Waals surface area contributed by atoms with E-state index in [9.17, 15) is 8.78 Å². The monoisotopic (exact) mass is 336 g/mol. The number of hydrogen-bond acceptors (Lipinski definition) is 3. The Morgan fingerprint density at radius 2 is 1.85 bits per heavy atom. The van der Waals surface area contributed by atoms with Gasteiger partial charge >= 0.3 is 0 Å². The molecule has 0 aliphatic rings. The summed E-state index contributed by atoms with van der Waals surface area (Å²) in [6.45, 7) is 0. The Kier molecular flexibility index (Phi) is 3.31. The maximum absolute atomic E-state index is 13.7. The number of rotatable bonds is 2. The molecule has 6 heteroatoms. The lowest BCUT2D eigenvalue weighted by Crippen LogP contribution is -1.94. The van der Waals surface area contributed by atoms with Gasteiger partial charge in [-0.2, -0.15) is 14.6 Å². The number of ether oxygens (including phenoxy) is 1. The highest BCUT2D eigenvalue weighted by atomic mass is 79.9. The van der Waals surface area contributed by atoms with Gasteiger partial charge in [-0.15, -0.1) is 0 Å². The molecule has 0 aliphatic carbocycles. The molecule has 3 rings (SSSR count). The van der Waals surface area contributed by atoms with E-state index in [4.69, 9.17) is 4.74 Å². The van der Waals surface area contributed by atoms with Crippen LogP contribution in [0.2, 0.25) is 0 Å². The van der Waals surface area contributed by atoms with Crippen LogP contribution in [0.25, 0.3) is 10.9 Å². The fourth-order valence-electron chi connectivity index (χ4n) is 1.79. The number of benzene rings is 2. The lowest BCUT2D eigenvalue weighted by molar-refractivity contribution is 0.417. The summed E-state index contributed by atoms with van der Waals surface area (Å²) in [6.07, 6.45) is 1.36. The second-order valence-corrected chi connectivity index (χ2v) is 4.94. The largest absolute Gasteiger partial charge is 0.452 e. The van der Waals surface area contributed by atoms with Crippen molar-refractivity contribution in [3.63, 3.8) is 0 Å². The first-order valence-corrected chi connectivity index (χ1v) is 6.47. The van der Waals surface area contributed by atoms with E-state index in [1.54, 1.807) is 24.3 Å². The normalized spacial score (nSPS) is 10.8. The van der Waals surface area contributed by atoms with E-state index in [1.165, 1.54) is 12.3 Å². The Morgan fingerprint density at radius 1 is 1.05 bits per heavy atom. The zero-order valence-electron chi connectivity index (χ0n) is 9.98. The topological polar surface area (TPSA) is 35.0 Å². The second-order valence-electron chi connectivity index (χ2n) is 4.03. The zero-order chi connectivity index (χ0) is 14.1. The molecular formula is C14H7BrF2N2O. The number of aromatic nitrogens is 2. The van der Waals surface area contributed by atoms with Gasteiger partial charge in [-0.05, 0) is 24.3 Å². The highest BCUT2D eigenvalue weighted by Gasteiger charge is 2.14. The molecule has 1 heterocycles. The molecule has 3 nitrogen and oxygen atoms in total. The Balaban J connectivity index is 2.10. The summed E-state index contributed by atoms with van der Waals surface area (Å²) in [7, 11) is 0. The molecule has 0 unspecified atom stereocenters. The lowest BCUT2D eigenvalue weighted by atomic mass is 10.2. The average molecular weight is 337 g/mol. The summed E-state index contributed by atoms with van der Waals surface area (Å²) in [4.78, 5) is 0. The summed E-state index contributed by atoms with van der Waals surface area (Å²) >= 11 is 3.10. The summed E-state index contributed by atoms with van der Waals surface area (Å²) in [5.74, 6) is -1.93. The first kappa shape index (κ1) is 12.9. The van der Waals surface area contributed by atoms with Gasteiger partial charge in [0.15, 0.2) is 17.3 Å². The molecule has 2 aromatic carbocycles. The third-order valence-corrected chi connectivity index (χ3v) is 3.15. The van der Waals surface area contributed by atoms with E-state index in [0.717, 1.165) is 6.07 Å². The van der Waals surface area contributed by atoms with Crippen LogP contribution in [0.1, 0.15) is 0 Å².